The van der Waals surface area contributed by atoms with Crippen LogP contribution < -0.4 is 10.1 Å². The van der Waals surface area contributed by atoms with Gasteiger partial charge in [-0.15, -0.1) is 0 Å². The molecule has 134 valence electrons. The van der Waals surface area contributed by atoms with Crippen LogP contribution in [0.15, 0.2) is 24.3 Å². The summed E-state index contributed by atoms with van der Waals surface area (Å²) in [5.74, 6) is -0.713. The third-order valence-corrected chi connectivity index (χ3v) is 4.25. The van der Waals surface area contributed by atoms with Gasteiger partial charge in [0.25, 0.3) is 5.91 Å². The van der Waals surface area contributed by atoms with E-state index in [1.807, 2.05) is 0 Å². The number of hydrogen-bond donors (Lipinski definition) is 1. The van der Waals surface area contributed by atoms with Crippen molar-refractivity contribution in [1.82, 2.24) is 10.2 Å². The second kappa shape index (κ2) is 7.88. The van der Waals surface area contributed by atoms with Gasteiger partial charge in [0, 0.05) is 19.1 Å². The summed E-state index contributed by atoms with van der Waals surface area (Å²) in [5, 5.41) is 2.87. The zero-order valence-electron chi connectivity index (χ0n) is 13.9. The van der Waals surface area contributed by atoms with Crippen LogP contribution in [-0.4, -0.2) is 42.6 Å². The average Bonchev–Trinajstić information content (AvgIpc) is 2.55. The number of nitrogens with one attached hydrogen (secondary N) is 1. The number of piperidine rings is 1. The number of hydrogen-bond acceptors (Lipinski definition) is 3. The Morgan fingerprint density at radius 3 is 2.54 bits per heavy atom. The van der Waals surface area contributed by atoms with E-state index < -0.39 is 17.8 Å². The van der Waals surface area contributed by atoms with Gasteiger partial charge < -0.3 is 15.0 Å². The SMILES string of the molecule is CCN1CCC(NC(=O)[C@@H](C)Oc2ccccc2C(F)(F)F)CC1. The van der Waals surface area contributed by atoms with E-state index in [0.29, 0.717) is 0 Å². The highest BCUT2D eigenvalue weighted by molar-refractivity contribution is 5.81. The van der Waals surface area contributed by atoms with Crippen molar-refractivity contribution in [3.05, 3.63) is 29.8 Å². The van der Waals surface area contributed by atoms with E-state index >= 15 is 0 Å². The Labute approximate surface area is 140 Å². The summed E-state index contributed by atoms with van der Waals surface area (Å²) in [6.07, 6.45) is -3.82. The highest BCUT2D eigenvalue weighted by Crippen LogP contribution is 2.36. The molecule has 1 amide bonds. The number of para-hydroxylation sites is 1. The van der Waals surface area contributed by atoms with Crippen molar-refractivity contribution in [2.24, 2.45) is 0 Å². The number of nitrogens with zero attached hydrogens (tertiary/aromatic N) is 1. The van der Waals surface area contributed by atoms with Crippen molar-refractivity contribution in [3.8, 4) is 5.75 Å². The van der Waals surface area contributed by atoms with E-state index in [-0.39, 0.29) is 17.7 Å². The molecule has 0 aliphatic carbocycles. The van der Waals surface area contributed by atoms with E-state index in [0.717, 1.165) is 38.5 Å². The fourth-order valence-corrected chi connectivity index (χ4v) is 2.76. The van der Waals surface area contributed by atoms with Crippen molar-refractivity contribution < 1.29 is 22.7 Å². The summed E-state index contributed by atoms with van der Waals surface area (Å²) in [4.78, 5) is 14.5. The van der Waals surface area contributed by atoms with Gasteiger partial charge in [-0.2, -0.15) is 13.2 Å². The number of rotatable bonds is 5. The molecule has 0 saturated carbocycles. The van der Waals surface area contributed by atoms with Crippen LogP contribution in [0.4, 0.5) is 13.2 Å². The predicted octanol–water partition coefficient (Wildman–Crippen LogP) is 3.07. The van der Waals surface area contributed by atoms with Crippen molar-refractivity contribution in [1.29, 1.82) is 0 Å². The number of alkyl halides is 3. The summed E-state index contributed by atoms with van der Waals surface area (Å²) in [5.41, 5.74) is -0.874. The van der Waals surface area contributed by atoms with Gasteiger partial charge in [-0.25, -0.2) is 0 Å². The standard InChI is InChI=1S/C17H23F3N2O2/c1-3-22-10-8-13(9-11-22)21-16(23)12(2)24-15-7-5-4-6-14(15)17(18,19)20/h4-7,12-13H,3,8-11H2,1-2H3,(H,21,23)/t12-/m1/s1. The van der Waals surface area contributed by atoms with Crippen molar-refractivity contribution in [2.45, 2.75) is 45.0 Å². The minimum atomic E-state index is -4.51. The second-order valence-electron chi connectivity index (χ2n) is 5.97. The lowest BCUT2D eigenvalue weighted by atomic mass is 10.0. The van der Waals surface area contributed by atoms with Crippen LogP contribution in [0, 0.1) is 0 Å². The number of benzene rings is 1. The molecule has 0 unspecified atom stereocenters. The van der Waals surface area contributed by atoms with Crippen molar-refractivity contribution in [3.63, 3.8) is 0 Å². The summed E-state index contributed by atoms with van der Waals surface area (Å²) < 4.78 is 44.1. The van der Waals surface area contributed by atoms with Crippen LogP contribution >= 0.6 is 0 Å². The van der Waals surface area contributed by atoms with Gasteiger partial charge in [-0.1, -0.05) is 19.1 Å². The van der Waals surface area contributed by atoms with E-state index in [1.165, 1.54) is 25.1 Å². The van der Waals surface area contributed by atoms with Crippen LogP contribution in [0.2, 0.25) is 0 Å². The molecule has 2 rings (SSSR count). The fourth-order valence-electron chi connectivity index (χ4n) is 2.76. The van der Waals surface area contributed by atoms with Gasteiger partial charge in [0.05, 0.1) is 5.56 Å². The zero-order valence-corrected chi connectivity index (χ0v) is 13.9. The first-order valence-electron chi connectivity index (χ1n) is 8.17. The van der Waals surface area contributed by atoms with Crippen molar-refractivity contribution >= 4 is 5.91 Å². The Balaban J connectivity index is 1.93. The molecule has 1 N–H and O–H groups in total. The molecule has 7 heteroatoms. The molecule has 1 atom stereocenters. The first-order valence-corrected chi connectivity index (χ1v) is 8.17. The quantitative estimate of drug-likeness (QED) is 0.893. The van der Waals surface area contributed by atoms with Crippen LogP contribution in [-0.2, 0) is 11.0 Å². The van der Waals surface area contributed by atoms with E-state index in [9.17, 15) is 18.0 Å². The molecule has 1 aromatic rings. The zero-order chi connectivity index (χ0) is 17.7. The molecule has 0 spiro atoms. The number of amides is 1. The highest BCUT2D eigenvalue weighted by Gasteiger charge is 2.35. The summed E-state index contributed by atoms with van der Waals surface area (Å²) >= 11 is 0. The molecule has 0 aromatic heterocycles. The lowest BCUT2D eigenvalue weighted by molar-refractivity contribution is -0.140. The maximum absolute atomic E-state index is 13.0. The molecule has 0 radical (unpaired) electrons. The molecule has 0 bridgehead atoms. The Bertz CT molecular complexity index is 555. The Hall–Kier alpha value is -1.76. The average molecular weight is 344 g/mol. The molecule has 1 saturated heterocycles. The molecule has 1 heterocycles. The van der Waals surface area contributed by atoms with Crippen LogP contribution in [0.5, 0.6) is 5.75 Å². The van der Waals surface area contributed by atoms with Gasteiger partial charge >= 0.3 is 6.18 Å². The number of carbonyl (C=O) groups excluding carboxylic acids is 1. The topological polar surface area (TPSA) is 41.6 Å². The van der Waals surface area contributed by atoms with E-state index in [1.54, 1.807) is 0 Å². The van der Waals surface area contributed by atoms with Gasteiger partial charge in [0.2, 0.25) is 0 Å². The Kier molecular flexibility index (Phi) is 6.10. The Morgan fingerprint density at radius 2 is 1.96 bits per heavy atom. The predicted molar refractivity (Wildman–Crippen MR) is 84.8 cm³/mol. The summed E-state index contributed by atoms with van der Waals surface area (Å²) in [6.45, 7) is 6.35. The largest absolute Gasteiger partial charge is 0.480 e. The number of likely N-dealkylation sites (tertiary alicyclic amines) is 1. The van der Waals surface area contributed by atoms with Gasteiger partial charge in [0.15, 0.2) is 6.10 Å². The van der Waals surface area contributed by atoms with Crippen molar-refractivity contribution in [2.75, 3.05) is 19.6 Å². The smallest absolute Gasteiger partial charge is 0.419 e. The fraction of sp³-hybridized carbons (Fsp3) is 0.588. The lowest BCUT2D eigenvalue weighted by Crippen LogP contribution is -2.48. The lowest BCUT2D eigenvalue weighted by Gasteiger charge is -2.32. The summed E-state index contributed by atoms with van der Waals surface area (Å²) in [7, 11) is 0. The number of ether oxygens (including phenoxy) is 1. The second-order valence-corrected chi connectivity index (χ2v) is 5.97. The molecule has 1 fully saturated rings. The maximum Gasteiger partial charge on any atom is 0.419 e. The molecule has 4 nitrogen and oxygen atoms in total. The van der Waals surface area contributed by atoms with Gasteiger partial charge in [-0.05, 0) is 38.4 Å². The van der Waals surface area contributed by atoms with E-state index in [2.05, 4.69) is 17.1 Å². The molecular weight excluding hydrogens is 321 g/mol. The number of halogens is 3. The third kappa shape index (κ3) is 4.87. The molecule has 1 aromatic carbocycles. The van der Waals surface area contributed by atoms with Crippen LogP contribution in [0.1, 0.15) is 32.3 Å². The first kappa shape index (κ1) is 18.6. The summed E-state index contributed by atoms with van der Waals surface area (Å²) in [6, 6.07) is 4.97. The van der Waals surface area contributed by atoms with Crippen LogP contribution in [0.3, 0.4) is 0 Å². The first-order chi connectivity index (χ1) is 11.3. The normalized spacial score (nSPS) is 18.2. The van der Waals surface area contributed by atoms with Gasteiger partial charge in [-0.3, -0.25) is 4.79 Å². The number of carbonyl (C=O) groups is 1. The highest BCUT2D eigenvalue weighted by atomic mass is 19.4. The molecule has 24 heavy (non-hydrogen) atoms. The maximum atomic E-state index is 13.0. The third-order valence-electron chi connectivity index (χ3n) is 4.25. The van der Waals surface area contributed by atoms with Gasteiger partial charge in [0.1, 0.15) is 5.75 Å². The molecule has 1 aliphatic heterocycles. The minimum Gasteiger partial charge on any atom is -0.480 e. The Morgan fingerprint density at radius 1 is 1.33 bits per heavy atom. The monoisotopic (exact) mass is 344 g/mol. The molecular formula is C17H23F3N2O2. The van der Waals surface area contributed by atoms with E-state index in [4.69, 9.17) is 4.74 Å². The minimum absolute atomic E-state index is 0.0456. The molecule has 1 aliphatic rings. The van der Waals surface area contributed by atoms with Crippen LogP contribution in [0.25, 0.3) is 0 Å².